The number of nitro groups is 1. The molecule has 21 heavy (non-hydrogen) atoms. The fourth-order valence-electron chi connectivity index (χ4n) is 2.77. The molecule has 1 amide bonds. The zero-order chi connectivity index (χ0) is 15.4. The monoisotopic (exact) mass is 295 g/mol. The number of aliphatic hydroxyl groups excluding tert-OH is 1. The van der Waals surface area contributed by atoms with Crippen molar-refractivity contribution >= 4 is 11.6 Å². The Hall–Kier alpha value is -1.89. The number of hydrogen-bond donors (Lipinski definition) is 2. The van der Waals surface area contributed by atoms with Gasteiger partial charge in [-0.3, -0.25) is 14.9 Å². The number of rotatable bonds is 6. The third-order valence-corrected chi connectivity index (χ3v) is 3.85. The van der Waals surface area contributed by atoms with Crippen molar-refractivity contribution in [1.82, 2.24) is 9.88 Å². The third kappa shape index (κ3) is 3.81. The van der Waals surface area contributed by atoms with Crippen LogP contribution in [0.25, 0.3) is 0 Å². The molecule has 0 radical (unpaired) electrons. The van der Waals surface area contributed by atoms with Crippen LogP contribution in [0.4, 0.5) is 5.69 Å². The summed E-state index contributed by atoms with van der Waals surface area (Å²) in [6.45, 7) is 3.02. The third-order valence-electron chi connectivity index (χ3n) is 3.85. The lowest BCUT2D eigenvalue weighted by Gasteiger charge is -2.12. The largest absolute Gasteiger partial charge is 0.393 e. The van der Waals surface area contributed by atoms with Crippen LogP contribution in [0, 0.1) is 16.0 Å². The molecule has 0 spiro atoms. The van der Waals surface area contributed by atoms with Crippen molar-refractivity contribution in [2.24, 2.45) is 5.92 Å². The minimum atomic E-state index is -0.490. The molecule has 1 saturated carbocycles. The quantitative estimate of drug-likeness (QED) is 0.616. The van der Waals surface area contributed by atoms with Crippen molar-refractivity contribution in [1.29, 1.82) is 0 Å². The molecule has 2 N–H and O–H groups in total. The van der Waals surface area contributed by atoms with Crippen LogP contribution >= 0.6 is 0 Å². The number of amides is 1. The maximum absolute atomic E-state index is 12.2. The van der Waals surface area contributed by atoms with Crippen molar-refractivity contribution in [2.75, 3.05) is 6.54 Å². The topological polar surface area (TPSA) is 97.4 Å². The average Bonchev–Trinajstić information content (AvgIpc) is 3.03. The van der Waals surface area contributed by atoms with Crippen molar-refractivity contribution in [3.63, 3.8) is 0 Å². The number of carbonyl (C=O) groups is 1. The minimum Gasteiger partial charge on any atom is -0.393 e. The Kier molecular flexibility index (Phi) is 4.95. The lowest BCUT2D eigenvalue weighted by molar-refractivity contribution is -0.384. The van der Waals surface area contributed by atoms with Gasteiger partial charge in [0.1, 0.15) is 5.69 Å². The van der Waals surface area contributed by atoms with Gasteiger partial charge in [-0.25, -0.2) is 0 Å². The van der Waals surface area contributed by atoms with Crippen LogP contribution in [-0.2, 0) is 6.54 Å². The first kappa shape index (κ1) is 15.5. The first-order chi connectivity index (χ1) is 10.0. The summed E-state index contributed by atoms with van der Waals surface area (Å²) in [5.74, 6) is -0.00790. The molecule has 0 bridgehead atoms. The van der Waals surface area contributed by atoms with Crippen molar-refractivity contribution in [3.05, 3.63) is 28.1 Å². The van der Waals surface area contributed by atoms with E-state index in [4.69, 9.17) is 0 Å². The van der Waals surface area contributed by atoms with Crippen LogP contribution in [0.15, 0.2) is 12.3 Å². The van der Waals surface area contributed by atoms with E-state index in [9.17, 15) is 20.0 Å². The molecule has 0 saturated heterocycles. The maximum Gasteiger partial charge on any atom is 0.287 e. The van der Waals surface area contributed by atoms with Gasteiger partial charge in [-0.05, 0) is 31.6 Å². The second-order valence-corrected chi connectivity index (χ2v) is 5.58. The Morgan fingerprint density at radius 3 is 2.90 bits per heavy atom. The normalized spacial score (nSPS) is 21.4. The Morgan fingerprint density at radius 1 is 1.57 bits per heavy atom. The first-order valence-electron chi connectivity index (χ1n) is 7.32. The van der Waals surface area contributed by atoms with Crippen LogP contribution < -0.4 is 5.32 Å². The maximum atomic E-state index is 12.2. The van der Waals surface area contributed by atoms with Crippen LogP contribution in [0.2, 0.25) is 0 Å². The number of aliphatic hydroxyl groups is 1. The van der Waals surface area contributed by atoms with E-state index in [-0.39, 0.29) is 23.6 Å². The molecule has 1 heterocycles. The summed E-state index contributed by atoms with van der Waals surface area (Å²) in [7, 11) is 0. The molecule has 7 nitrogen and oxygen atoms in total. The smallest absolute Gasteiger partial charge is 0.287 e. The van der Waals surface area contributed by atoms with E-state index < -0.39 is 4.92 Å². The minimum absolute atomic E-state index is 0.0649. The van der Waals surface area contributed by atoms with Crippen molar-refractivity contribution in [3.8, 4) is 0 Å². The van der Waals surface area contributed by atoms with E-state index >= 15 is 0 Å². The highest BCUT2D eigenvalue weighted by Crippen LogP contribution is 2.24. The second-order valence-electron chi connectivity index (χ2n) is 5.58. The van der Waals surface area contributed by atoms with E-state index in [1.165, 1.54) is 12.3 Å². The van der Waals surface area contributed by atoms with E-state index in [0.29, 0.717) is 25.2 Å². The van der Waals surface area contributed by atoms with E-state index in [1.54, 1.807) is 4.57 Å². The molecular weight excluding hydrogens is 274 g/mol. The van der Waals surface area contributed by atoms with Gasteiger partial charge in [-0.1, -0.05) is 6.92 Å². The summed E-state index contributed by atoms with van der Waals surface area (Å²) in [4.78, 5) is 22.5. The molecule has 1 aromatic rings. The Balaban J connectivity index is 2.01. The highest BCUT2D eigenvalue weighted by molar-refractivity contribution is 5.93. The Labute approximate surface area is 123 Å². The fraction of sp³-hybridized carbons (Fsp3) is 0.643. The number of carbonyl (C=O) groups excluding carboxylic acids is 1. The van der Waals surface area contributed by atoms with E-state index in [0.717, 1.165) is 19.3 Å². The Morgan fingerprint density at radius 2 is 2.33 bits per heavy atom. The molecule has 1 fully saturated rings. The van der Waals surface area contributed by atoms with Gasteiger partial charge in [0.15, 0.2) is 0 Å². The molecule has 2 rings (SSSR count). The van der Waals surface area contributed by atoms with Gasteiger partial charge in [-0.2, -0.15) is 0 Å². The molecule has 2 unspecified atom stereocenters. The average molecular weight is 295 g/mol. The predicted molar refractivity (Wildman–Crippen MR) is 77.1 cm³/mol. The molecule has 1 aromatic heterocycles. The summed E-state index contributed by atoms with van der Waals surface area (Å²) in [5.41, 5.74) is 0.256. The van der Waals surface area contributed by atoms with Gasteiger partial charge in [0.2, 0.25) is 0 Å². The number of aryl methyl sites for hydroxylation is 1. The lowest BCUT2D eigenvalue weighted by atomic mass is 10.1. The fourth-order valence-corrected chi connectivity index (χ4v) is 2.77. The summed E-state index contributed by atoms with van der Waals surface area (Å²) < 4.78 is 1.62. The Bertz CT molecular complexity index is 526. The van der Waals surface area contributed by atoms with Gasteiger partial charge in [0, 0.05) is 19.2 Å². The molecule has 116 valence electrons. The number of hydrogen-bond acceptors (Lipinski definition) is 4. The summed E-state index contributed by atoms with van der Waals surface area (Å²) in [5, 5.41) is 23.1. The SMILES string of the molecule is CCCn1cc([N+](=O)[O-])cc1C(=O)NCC1CCC(O)C1. The van der Waals surface area contributed by atoms with Gasteiger partial charge >= 0.3 is 0 Å². The summed E-state index contributed by atoms with van der Waals surface area (Å²) in [6.07, 6.45) is 4.31. The summed E-state index contributed by atoms with van der Waals surface area (Å²) >= 11 is 0. The highest BCUT2D eigenvalue weighted by atomic mass is 16.6. The molecule has 0 aromatic carbocycles. The highest BCUT2D eigenvalue weighted by Gasteiger charge is 2.24. The molecule has 7 heteroatoms. The number of nitrogens with one attached hydrogen (secondary N) is 1. The van der Waals surface area contributed by atoms with Gasteiger partial charge in [0.05, 0.1) is 17.2 Å². The van der Waals surface area contributed by atoms with Crippen LogP contribution in [-0.4, -0.2) is 33.2 Å². The van der Waals surface area contributed by atoms with Crippen LogP contribution in [0.1, 0.15) is 43.1 Å². The van der Waals surface area contributed by atoms with E-state index in [1.807, 2.05) is 6.92 Å². The van der Waals surface area contributed by atoms with Crippen molar-refractivity contribution < 1.29 is 14.8 Å². The van der Waals surface area contributed by atoms with Gasteiger partial charge in [-0.15, -0.1) is 0 Å². The first-order valence-corrected chi connectivity index (χ1v) is 7.32. The van der Waals surface area contributed by atoms with Crippen LogP contribution in [0.5, 0.6) is 0 Å². The number of nitrogens with zero attached hydrogens (tertiary/aromatic N) is 2. The molecule has 2 atom stereocenters. The second kappa shape index (κ2) is 6.71. The van der Waals surface area contributed by atoms with Gasteiger partial charge < -0.3 is 15.0 Å². The zero-order valence-electron chi connectivity index (χ0n) is 12.1. The molecule has 1 aliphatic carbocycles. The standard InChI is InChI=1S/C14H21N3O4/c1-2-5-16-9-11(17(20)21)7-13(16)14(19)15-8-10-3-4-12(18)6-10/h7,9-10,12,18H,2-6,8H2,1H3,(H,15,19). The molecular formula is C14H21N3O4. The molecule has 0 aliphatic heterocycles. The van der Waals surface area contributed by atoms with E-state index in [2.05, 4.69) is 5.32 Å². The molecule has 1 aliphatic rings. The van der Waals surface area contributed by atoms with Crippen molar-refractivity contribution in [2.45, 2.75) is 45.3 Å². The predicted octanol–water partition coefficient (Wildman–Crippen LogP) is 1.70. The summed E-state index contributed by atoms with van der Waals surface area (Å²) in [6, 6.07) is 1.31. The van der Waals surface area contributed by atoms with Gasteiger partial charge in [0.25, 0.3) is 11.6 Å². The number of aromatic nitrogens is 1. The lowest BCUT2D eigenvalue weighted by Crippen LogP contribution is -2.30. The van der Waals surface area contributed by atoms with Crippen LogP contribution in [0.3, 0.4) is 0 Å². The zero-order valence-corrected chi connectivity index (χ0v) is 12.1.